The number of nitrogens with one attached hydrogen (secondary N) is 2. The van der Waals surface area contributed by atoms with Crippen LogP contribution < -0.4 is 10.0 Å². The average Bonchev–Trinajstić information content (AvgIpc) is 2.60. The van der Waals surface area contributed by atoms with E-state index >= 15 is 0 Å². The van der Waals surface area contributed by atoms with Crippen LogP contribution in [-0.4, -0.2) is 27.5 Å². The first kappa shape index (κ1) is 14.4. The summed E-state index contributed by atoms with van der Waals surface area (Å²) in [5.74, 6) is -0.537. The van der Waals surface area contributed by atoms with Crippen molar-refractivity contribution >= 4 is 10.0 Å². The Bertz CT molecular complexity index is 538. The van der Waals surface area contributed by atoms with Gasteiger partial charge in [-0.15, -0.1) is 0 Å². The predicted molar refractivity (Wildman–Crippen MR) is 72.0 cm³/mol. The second-order valence-electron chi connectivity index (χ2n) is 4.93. The van der Waals surface area contributed by atoms with E-state index in [1.807, 2.05) is 0 Å². The minimum absolute atomic E-state index is 0.0248. The van der Waals surface area contributed by atoms with E-state index in [1.165, 1.54) is 12.1 Å². The maximum atomic E-state index is 13.2. The zero-order chi connectivity index (χ0) is 13.9. The van der Waals surface area contributed by atoms with Crippen molar-refractivity contribution in [2.24, 2.45) is 0 Å². The van der Waals surface area contributed by atoms with Gasteiger partial charge in [0.1, 0.15) is 5.82 Å². The monoisotopic (exact) mass is 286 g/mol. The fourth-order valence-electron chi connectivity index (χ4n) is 2.27. The molecule has 0 radical (unpaired) electrons. The number of sulfonamides is 1. The van der Waals surface area contributed by atoms with Crippen LogP contribution in [0.25, 0.3) is 0 Å². The lowest BCUT2D eigenvalue weighted by molar-refractivity contribution is 0.520. The van der Waals surface area contributed by atoms with Gasteiger partial charge in [0.05, 0.1) is 4.90 Å². The molecule has 2 N–H and O–H groups in total. The summed E-state index contributed by atoms with van der Waals surface area (Å²) in [6, 6.07) is 3.69. The molecule has 0 aliphatic carbocycles. The summed E-state index contributed by atoms with van der Waals surface area (Å²) in [7, 11) is -3.66. The van der Waals surface area contributed by atoms with E-state index in [-0.39, 0.29) is 10.9 Å². The fourth-order valence-corrected chi connectivity index (χ4v) is 3.79. The molecule has 2 rings (SSSR count). The number of benzene rings is 1. The first-order valence-electron chi connectivity index (χ1n) is 6.48. The molecule has 0 bridgehead atoms. The Balaban J connectivity index is 2.19. The molecule has 0 spiro atoms. The van der Waals surface area contributed by atoms with Crippen molar-refractivity contribution in [3.63, 3.8) is 0 Å². The number of hydrogen-bond donors (Lipinski definition) is 2. The molecule has 1 aliphatic rings. The summed E-state index contributed by atoms with van der Waals surface area (Å²) >= 11 is 0. The summed E-state index contributed by atoms with van der Waals surface area (Å²) in [4.78, 5) is 0.0248. The first-order valence-corrected chi connectivity index (χ1v) is 7.96. The van der Waals surface area contributed by atoms with Crippen LogP contribution in [0.1, 0.15) is 24.8 Å². The Morgan fingerprint density at radius 1 is 1.37 bits per heavy atom. The van der Waals surface area contributed by atoms with Crippen LogP contribution in [0.4, 0.5) is 4.39 Å². The normalized spacial score (nSPS) is 21.1. The third-order valence-corrected chi connectivity index (χ3v) is 4.97. The molecule has 1 saturated heterocycles. The molecule has 0 amide bonds. The molecule has 6 heteroatoms. The van der Waals surface area contributed by atoms with Crippen molar-refractivity contribution in [2.45, 2.75) is 37.1 Å². The van der Waals surface area contributed by atoms with Gasteiger partial charge in [-0.3, -0.25) is 0 Å². The molecule has 106 valence electrons. The van der Waals surface area contributed by atoms with E-state index in [2.05, 4.69) is 10.0 Å². The first-order chi connectivity index (χ1) is 8.99. The number of aryl methyl sites for hydroxylation is 1. The van der Waals surface area contributed by atoms with Gasteiger partial charge in [-0.25, -0.2) is 17.5 Å². The van der Waals surface area contributed by atoms with Gasteiger partial charge in [-0.2, -0.15) is 0 Å². The van der Waals surface area contributed by atoms with Crippen LogP contribution in [-0.2, 0) is 10.0 Å². The Morgan fingerprint density at radius 3 is 2.95 bits per heavy atom. The minimum Gasteiger partial charge on any atom is -0.315 e. The topological polar surface area (TPSA) is 58.2 Å². The number of hydrogen-bond acceptors (Lipinski definition) is 3. The second kappa shape index (κ2) is 5.98. The van der Waals surface area contributed by atoms with E-state index in [0.717, 1.165) is 31.9 Å². The highest BCUT2D eigenvalue weighted by Gasteiger charge is 2.22. The van der Waals surface area contributed by atoms with Crippen molar-refractivity contribution in [3.8, 4) is 0 Å². The quantitative estimate of drug-likeness (QED) is 0.886. The molecule has 4 nitrogen and oxygen atoms in total. The van der Waals surface area contributed by atoms with E-state index in [0.29, 0.717) is 12.1 Å². The van der Waals surface area contributed by atoms with Gasteiger partial charge >= 0.3 is 0 Å². The van der Waals surface area contributed by atoms with E-state index in [1.54, 1.807) is 6.92 Å². The summed E-state index contributed by atoms with van der Waals surface area (Å²) in [6.45, 7) is 3.20. The standard InChI is InChI=1S/C13H19FN2O2S/c1-10-5-6-11(14)8-13(10)19(17,18)16-12-4-2-3-7-15-9-12/h5-6,8,12,15-16H,2-4,7,9H2,1H3. The van der Waals surface area contributed by atoms with Gasteiger partial charge in [0.25, 0.3) is 0 Å². The molecule has 1 heterocycles. The summed E-state index contributed by atoms with van der Waals surface area (Å²) in [6.07, 6.45) is 2.85. The van der Waals surface area contributed by atoms with Gasteiger partial charge < -0.3 is 5.32 Å². The van der Waals surface area contributed by atoms with Gasteiger partial charge in [-0.05, 0) is 44.0 Å². The van der Waals surface area contributed by atoms with Crippen molar-refractivity contribution in [1.82, 2.24) is 10.0 Å². The largest absolute Gasteiger partial charge is 0.315 e. The molecule has 19 heavy (non-hydrogen) atoms. The van der Waals surface area contributed by atoms with E-state index < -0.39 is 15.8 Å². The third-order valence-electron chi connectivity index (χ3n) is 3.31. The lowest BCUT2D eigenvalue weighted by Gasteiger charge is -2.17. The Hall–Kier alpha value is -0.980. The smallest absolute Gasteiger partial charge is 0.241 e. The molecule has 1 fully saturated rings. The zero-order valence-electron chi connectivity index (χ0n) is 10.9. The van der Waals surface area contributed by atoms with Crippen molar-refractivity contribution in [3.05, 3.63) is 29.6 Å². The maximum Gasteiger partial charge on any atom is 0.241 e. The summed E-state index contributed by atoms with van der Waals surface area (Å²) < 4.78 is 40.4. The highest BCUT2D eigenvalue weighted by molar-refractivity contribution is 7.89. The van der Waals surface area contributed by atoms with Crippen LogP contribution in [0, 0.1) is 12.7 Å². The molecule has 1 aromatic rings. The van der Waals surface area contributed by atoms with Gasteiger partial charge in [0.15, 0.2) is 0 Å². The molecular weight excluding hydrogens is 267 g/mol. The average molecular weight is 286 g/mol. The maximum absolute atomic E-state index is 13.2. The SMILES string of the molecule is Cc1ccc(F)cc1S(=O)(=O)NC1CCCCNC1. The second-order valence-corrected chi connectivity index (χ2v) is 6.61. The van der Waals surface area contributed by atoms with E-state index in [4.69, 9.17) is 0 Å². The molecule has 1 atom stereocenters. The summed E-state index contributed by atoms with van der Waals surface area (Å²) in [5.41, 5.74) is 0.551. The Morgan fingerprint density at radius 2 is 2.16 bits per heavy atom. The summed E-state index contributed by atoms with van der Waals surface area (Å²) in [5, 5.41) is 3.20. The van der Waals surface area contributed by atoms with Gasteiger partial charge in [-0.1, -0.05) is 12.5 Å². The molecule has 1 aliphatic heterocycles. The van der Waals surface area contributed by atoms with E-state index in [9.17, 15) is 12.8 Å². The number of rotatable bonds is 3. The van der Waals surface area contributed by atoms with Crippen LogP contribution in [0.15, 0.2) is 23.1 Å². The fraction of sp³-hybridized carbons (Fsp3) is 0.538. The van der Waals surface area contributed by atoms with Crippen LogP contribution in [0.5, 0.6) is 0 Å². The van der Waals surface area contributed by atoms with Crippen LogP contribution in [0.3, 0.4) is 0 Å². The number of halogens is 1. The molecular formula is C13H19FN2O2S. The lowest BCUT2D eigenvalue weighted by Crippen LogP contribution is -2.41. The van der Waals surface area contributed by atoms with Crippen LogP contribution >= 0.6 is 0 Å². The Kier molecular flexibility index (Phi) is 4.54. The molecule has 0 aromatic heterocycles. The van der Waals surface area contributed by atoms with Crippen molar-refractivity contribution in [2.75, 3.05) is 13.1 Å². The third kappa shape index (κ3) is 3.75. The zero-order valence-corrected chi connectivity index (χ0v) is 11.8. The minimum atomic E-state index is -3.66. The highest BCUT2D eigenvalue weighted by Crippen LogP contribution is 2.17. The molecule has 1 unspecified atom stereocenters. The molecule has 1 aromatic carbocycles. The van der Waals surface area contributed by atoms with Crippen molar-refractivity contribution in [1.29, 1.82) is 0 Å². The lowest BCUT2D eigenvalue weighted by atomic mass is 10.2. The highest BCUT2D eigenvalue weighted by atomic mass is 32.2. The van der Waals surface area contributed by atoms with Crippen molar-refractivity contribution < 1.29 is 12.8 Å². The predicted octanol–water partition coefficient (Wildman–Crippen LogP) is 1.55. The molecule has 0 saturated carbocycles. The van der Waals surface area contributed by atoms with Gasteiger partial charge in [0.2, 0.25) is 10.0 Å². The van der Waals surface area contributed by atoms with Gasteiger partial charge in [0, 0.05) is 12.6 Å². The van der Waals surface area contributed by atoms with Crippen LogP contribution in [0.2, 0.25) is 0 Å². The Labute approximate surface area is 113 Å².